The van der Waals surface area contributed by atoms with Crippen LogP contribution in [0, 0.1) is 5.82 Å². The van der Waals surface area contributed by atoms with Crippen LogP contribution in [0.2, 0.25) is 0 Å². The maximum absolute atomic E-state index is 14.2. The number of anilines is 1. The number of para-hydroxylation sites is 1. The average Bonchev–Trinajstić information content (AvgIpc) is 2.53. The molecule has 0 saturated carbocycles. The normalized spacial score (nSPS) is 14.5. The molecule has 5 nitrogen and oxygen atoms in total. The lowest BCUT2D eigenvalue weighted by Gasteiger charge is -2.19. The summed E-state index contributed by atoms with van der Waals surface area (Å²) >= 11 is 0. The van der Waals surface area contributed by atoms with Crippen molar-refractivity contribution in [2.45, 2.75) is 23.9 Å². The van der Waals surface area contributed by atoms with Crippen molar-refractivity contribution in [1.29, 1.82) is 0 Å². The predicted octanol–water partition coefficient (Wildman–Crippen LogP) is 3.50. The summed E-state index contributed by atoms with van der Waals surface area (Å²) in [5.74, 6) is -2.54. The van der Waals surface area contributed by atoms with E-state index in [-0.39, 0.29) is 24.4 Å². The van der Waals surface area contributed by atoms with Gasteiger partial charge in [0, 0.05) is 12.1 Å². The number of halogens is 4. The molecule has 1 amide bonds. The van der Waals surface area contributed by atoms with E-state index < -0.39 is 38.3 Å². The summed E-state index contributed by atoms with van der Waals surface area (Å²) in [6.45, 7) is 0. The van der Waals surface area contributed by atoms with Gasteiger partial charge in [0.25, 0.3) is 0 Å². The first-order valence-corrected chi connectivity index (χ1v) is 8.72. The number of alkyl halides is 3. The minimum atomic E-state index is -4.86. The Morgan fingerprint density at radius 2 is 1.77 bits per heavy atom. The molecule has 2 aromatic rings. The van der Waals surface area contributed by atoms with Crippen molar-refractivity contribution in [2.75, 3.05) is 5.32 Å². The summed E-state index contributed by atoms with van der Waals surface area (Å²) in [6, 6.07) is 5.48. The van der Waals surface area contributed by atoms with Gasteiger partial charge in [-0.2, -0.15) is 21.6 Å². The van der Waals surface area contributed by atoms with E-state index in [0.717, 1.165) is 24.3 Å². The van der Waals surface area contributed by atoms with Crippen LogP contribution in [0.25, 0.3) is 0 Å². The van der Waals surface area contributed by atoms with Crippen molar-refractivity contribution < 1.29 is 35.0 Å². The van der Waals surface area contributed by atoms with E-state index in [1.54, 1.807) is 0 Å². The van der Waals surface area contributed by atoms with Gasteiger partial charge >= 0.3 is 16.3 Å². The number of carbonyl (C=O) groups is 1. The number of carbonyl (C=O) groups excluding carboxylic acids is 1. The van der Waals surface area contributed by atoms with Crippen LogP contribution in [0.3, 0.4) is 0 Å². The summed E-state index contributed by atoms with van der Waals surface area (Å²) in [4.78, 5) is 10.4. The third kappa shape index (κ3) is 3.50. The van der Waals surface area contributed by atoms with Crippen molar-refractivity contribution in [2.24, 2.45) is 0 Å². The second kappa shape index (κ2) is 6.27. The van der Waals surface area contributed by atoms with Crippen molar-refractivity contribution in [3.05, 3.63) is 53.3 Å². The number of nitrogens with one attached hydrogen (secondary N) is 1. The SMILES string of the molecule is O=C1CCc2cc(S(=O)(=O)Oc3ccccc3C(F)(F)F)c(F)cc2N1. The van der Waals surface area contributed by atoms with Crippen molar-refractivity contribution in [3.8, 4) is 5.75 Å². The molecular weight excluding hydrogens is 378 g/mol. The number of fused-ring (bicyclic) bond motifs is 1. The monoisotopic (exact) mass is 389 g/mol. The van der Waals surface area contributed by atoms with Gasteiger partial charge in [-0.3, -0.25) is 4.79 Å². The molecule has 1 aliphatic heterocycles. The first-order chi connectivity index (χ1) is 12.1. The molecule has 0 atom stereocenters. The molecular formula is C16H11F4NO4S. The number of hydrogen-bond donors (Lipinski definition) is 1. The number of hydrogen-bond acceptors (Lipinski definition) is 4. The standard InChI is InChI=1S/C16H11F4NO4S/c17-11-8-12-9(5-6-15(22)21-12)7-14(11)26(23,24)25-13-4-2-1-3-10(13)16(18,19)20/h1-4,7-8H,5-6H2,(H,21,22). The highest BCUT2D eigenvalue weighted by atomic mass is 32.2. The minimum Gasteiger partial charge on any atom is -0.378 e. The van der Waals surface area contributed by atoms with Crippen LogP contribution in [-0.2, 0) is 27.5 Å². The molecule has 0 fully saturated rings. The third-order valence-electron chi connectivity index (χ3n) is 3.71. The quantitative estimate of drug-likeness (QED) is 0.644. The Balaban J connectivity index is 2.02. The van der Waals surface area contributed by atoms with Gasteiger partial charge in [-0.25, -0.2) is 4.39 Å². The molecule has 0 aliphatic carbocycles. The molecule has 0 saturated heterocycles. The fourth-order valence-electron chi connectivity index (χ4n) is 2.51. The molecule has 2 aromatic carbocycles. The zero-order valence-corrected chi connectivity index (χ0v) is 13.7. The Kier molecular flexibility index (Phi) is 4.39. The van der Waals surface area contributed by atoms with Gasteiger partial charge in [0.1, 0.15) is 10.7 Å². The Morgan fingerprint density at radius 3 is 2.46 bits per heavy atom. The topological polar surface area (TPSA) is 72.5 Å². The molecule has 0 unspecified atom stereocenters. The molecule has 3 rings (SSSR count). The Labute approximate surface area is 145 Å². The van der Waals surface area contributed by atoms with Crippen LogP contribution >= 0.6 is 0 Å². The highest BCUT2D eigenvalue weighted by molar-refractivity contribution is 7.87. The fourth-order valence-corrected chi connectivity index (χ4v) is 3.56. The summed E-state index contributed by atoms with van der Waals surface area (Å²) in [5, 5.41) is 2.39. The number of rotatable bonds is 3. The first-order valence-electron chi connectivity index (χ1n) is 7.31. The van der Waals surface area contributed by atoms with Gasteiger partial charge < -0.3 is 9.50 Å². The van der Waals surface area contributed by atoms with E-state index in [1.807, 2.05) is 0 Å². The second-order valence-electron chi connectivity index (χ2n) is 5.52. The number of benzene rings is 2. The van der Waals surface area contributed by atoms with E-state index in [2.05, 4.69) is 9.50 Å². The highest BCUT2D eigenvalue weighted by Crippen LogP contribution is 2.37. The van der Waals surface area contributed by atoms with Crippen LogP contribution in [0.1, 0.15) is 17.5 Å². The van der Waals surface area contributed by atoms with Crippen molar-refractivity contribution in [1.82, 2.24) is 0 Å². The molecule has 0 aromatic heterocycles. The molecule has 10 heteroatoms. The zero-order chi connectivity index (χ0) is 19.1. The lowest BCUT2D eigenvalue weighted by Crippen LogP contribution is -2.21. The molecule has 1 N–H and O–H groups in total. The summed E-state index contributed by atoms with van der Waals surface area (Å²) in [6.07, 6.45) is -4.59. The lowest BCUT2D eigenvalue weighted by molar-refractivity contribution is -0.138. The van der Waals surface area contributed by atoms with Gasteiger partial charge in [0.15, 0.2) is 5.75 Å². The summed E-state index contributed by atoms with van der Waals surface area (Å²) < 4.78 is 82.4. The van der Waals surface area contributed by atoms with Crippen LogP contribution < -0.4 is 9.50 Å². The van der Waals surface area contributed by atoms with Gasteiger partial charge in [0.2, 0.25) is 5.91 Å². The molecule has 0 radical (unpaired) electrons. The Hall–Kier alpha value is -2.62. The van der Waals surface area contributed by atoms with Crippen LogP contribution in [-0.4, -0.2) is 14.3 Å². The highest BCUT2D eigenvalue weighted by Gasteiger charge is 2.36. The van der Waals surface area contributed by atoms with Crippen LogP contribution in [0.4, 0.5) is 23.2 Å². The van der Waals surface area contributed by atoms with E-state index in [4.69, 9.17) is 0 Å². The number of amides is 1. The van der Waals surface area contributed by atoms with E-state index in [9.17, 15) is 30.8 Å². The van der Waals surface area contributed by atoms with Crippen molar-refractivity contribution in [3.63, 3.8) is 0 Å². The molecule has 1 heterocycles. The van der Waals surface area contributed by atoms with Crippen LogP contribution in [0.5, 0.6) is 5.75 Å². The molecule has 0 spiro atoms. The fraction of sp³-hybridized carbons (Fsp3) is 0.188. The zero-order valence-electron chi connectivity index (χ0n) is 12.9. The summed E-state index contributed by atoms with van der Waals surface area (Å²) in [7, 11) is -4.86. The average molecular weight is 389 g/mol. The smallest absolute Gasteiger partial charge is 0.378 e. The molecule has 138 valence electrons. The second-order valence-corrected chi connectivity index (χ2v) is 7.03. The minimum absolute atomic E-state index is 0.0793. The van der Waals surface area contributed by atoms with E-state index >= 15 is 0 Å². The Bertz CT molecular complexity index is 986. The van der Waals surface area contributed by atoms with E-state index in [1.165, 1.54) is 6.07 Å². The van der Waals surface area contributed by atoms with Gasteiger partial charge in [-0.1, -0.05) is 12.1 Å². The molecule has 0 bridgehead atoms. The number of aryl methyl sites for hydroxylation is 1. The third-order valence-corrected chi connectivity index (χ3v) is 4.97. The first kappa shape index (κ1) is 18.2. The van der Waals surface area contributed by atoms with E-state index in [0.29, 0.717) is 11.6 Å². The lowest BCUT2D eigenvalue weighted by atomic mass is 10.0. The van der Waals surface area contributed by atoms with Crippen molar-refractivity contribution >= 4 is 21.7 Å². The predicted molar refractivity (Wildman–Crippen MR) is 82.6 cm³/mol. The molecule has 26 heavy (non-hydrogen) atoms. The van der Waals surface area contributed by atoms with Gasteiger partial charge in [-0.05, 0) is 36.2 Å². The Morgan fingerprint density at radius 1 is 1.08 bits per heavy atom. The van der Waals surface area contributed by atoms with Gasteiger partial charge in [0.05, 0.1) is 5.56 Å². The largest absolute Gasteiger partial charge is 0.420 e. The summed E-state index contributed by atoms with van der Waals surface area (Å²) in [5.41, 5.74) is -0.833. The maximum atomic E-state index is 14.2. The maximum Gasteiger partial charge on any atom is 0.420 e. The molecule has 1 aliphatic rings. The van der Waals surface area contributed by atoms with Crippen LogP contribution in [0.15, 0.2) is 41.3 Å². The van der Waals surface area contributed by atoms with Gasteiger partial charge in [-0.15, -0.1) is 0 Å².